The molecule has 1 aromatic carbocycles. The van der Waals surface area contributed by atoms with Crippen LogP contribution in [-0.2, 0) is 0 Å². The third kappa shape index (κ3) is 3.43. The summed E-state index contributed by atoms with van der Waals surface area (Å²) in [5.41, 5.74) is 1.91. The largest absolute Gasteiger partial charge is 1.00 e. The quantitative estimate of drug-likeness (QED) is 0.502. The fourth-order valence-corrected chi connectivity index (χ4v) is 1.52. The van der Waals surface area contributed by atoms with Gasteiger partial charge in [0, 0.05) is 5.56 Å². The summed E-state index contributed by atoms with van der Waals surface area (Å²) in [5, 5.41) is 0. The molecule has 1 aromatic rings. The molecule has 1 aliphatic heterocycles. The molecule has 0 unspecified atom stereocenters. The van der Waals surface area contributed by atoms with Crippen LogP contribution in [0.25, 0.3) is 0 Å². The predicted octanol–water partition coefficient (Wildman–Crippen LogP) is -1.10. The monoisotopic (exact) mass is 249 g/mol. The highest BCUT2D eigenvalue weighted by Gasteiger charge is 2.29. The van der Waals surface area contributed by atoms with Crippen molar-refractivity contribution in [3.05, 3.63) is 54.5 Å². The highest BCUT2D eigenvalue weighted by Crippen LogP contribution is 2.11. The predicted molar refractivity (Wildman–Crippen MR) is 62.4 cm³/mol. The standard InChI is InChI=1S/C13H14N2O.ClH/c1-11-3-5-12(6-4-11)13(16)9-15-8-7-14(2)10-15;/h3-8H,9H2,1-2H3;1H/q+1;/p-1. The fourth-order valence-electron chi connectivity index (χ4n) is 1.52. The minimum Gasteiger partial charge on any atom is -1.00 e. The lowest BCUT2D eigenvalue weighted by atomic mass is 10.1. The third-order valence-corrected chi connectivity index (χ3v) is 2.44. The highest BCUT2D eigenvalue weighted by molar-refractivity contribution is 5.97. The van der Waals surface area contributed by atoms with Crippen LogP contribution < -0.4 is 12.4 Å². The van der Waals surface area contributed by atoms with Gasteiger partial charge in [0.15, 0.2) is 5.78 Å². The van der Waals surface area contributed by atoms with Crippen LogP contribution in [0, 0.1) is 13.6 Å². The maximum Gasteiger partial charge on any atom is 0.564 e. The number of carbonyl (C=O) groups excluding carboxylic acids is 1. The van der Waals surface area contributed by atoms with Crippen molar-refractivity contribution >= 4 is 5.78 Å². The summed E-state index contributed by atoms with van der Waals surface area (Å²) in [5.74, 6) is 0.104. The number of ketones is 1. The van der Waals surface area contributed by atoms with Gasteiger partial charge in [-0.15, -0.1) is 9.80 Å². The van der Waals surface area contributed by atoms with Crippen molar-refractivity contribution in [3.63, 3.8) is 0 Å². The normalized spacial score (nSPS) is 13.3. The molecule has 4 heteroatoms. The summed E-state index contributed by atoms with van der Waals surface area (Å²) in [4.78, 5) is 15.4. The molecule has 1 aliphatic rings. The molecule has 0 saturated heterocycles. The van der Waals surface area contributed by atoms with Crippen LogP contribution in [0.4, 0.5) is 0 Å². The Bertz CT molecular complexity index is 414. The molecule has 2 rings (SSSR count). The van der Waals surface area contributed by atoms with Gasteiger partial charge in [-0.1, -0.05) is 29.8 Å². The van der Waals surface area contributed by atoms with Gasteiger partial charge in [-0.3, -0.25) is 4.79 Å². The van der Waals surface area contributed by atoms with E-state index >= 15 is 0 Å². The summed E-state index contributed by atoms with van der Waals surface area (Å²) in [7, 11) is 1.88. The van der Waals surface area contributed by atoms with E-state index in [-0.39, 0.29) is 18.2 Å². The molecule has 17 heavy (non-hydrogen) atoms. The van der Waals surface area contributed by atoms with Crippen molar-refractivity contribution < 1.29 is 17.2 Å². The lowest BCUT2D eigenvalue weighted by molar-refractivity contribution is -0.0000113. The summed E-state index contributed by atoms with van der Waals surface area (Å²) >= 11 is 0. The van der Waals surface area contributed by atoms with Crippen LogP contribution in [-0.4, -0.2) is 29.2 Å². The van der Waals surface area contributed by atoms with Crippen molar-refractivity contribution in [2.24, 2.45) is 0 Å². The van der Waals surface area contributed by atoms with Gasteiger partial charge in [-0.05, 0) is 6.92 Å². The molecule has 3 nitrogen and oxygen atoms in total. The van der Waals surface area contributed by atoms with Gasteiger partial charge in [0.25, 0.3) is 0 Å². The summed E-state index contributed by atoms with van der Waals surface area (Å²) in [6, 6.07) is 7.63. The minimum atomic E-state index is 0. The number of hydrogen-bond donors (Lipinski definition) is 0. The SMILES string of the molecule is Cc1ccc(C(=O)CN2[C+]N(C)C=C2)cc1.[Cl-]. The summed E-state index contributed by atoms with van der Waals surface area (Å²) in [6.07, 6.45) is 3.70. The van der Waals surface area contributed by atoms with Crippen LogP contribution in [0.15, 0.2) is 36.7 Å². The molecule has 1 heterocycles. The lowest BCUT2D eigenvalue weighted by Gasteiger charge is -2.03. The fraction of sp³-hybridized carbons (Fsp3) is 0.231. The Morgan fingerprint density at radius 3 is 2.41 bits per heavy atom. The van der Waals surface area contributed by atoms with E-state index in [2.05, 4.69) is 6.67 Å². The molecular weight excluding hydrogens is 236 g/mol. The zero-order valence-electron chi connectivity index (χ0n) is 9.85. The molecule has 0 atom stereocenters. The Balaban J connectivity index is 0.00000144. The average Bonchev–Trinajstić information content (AvgIpc) is 2.65. The number of rotatable bonds is 3. The number of Topliss-reactive ketones (excluding diaryl/α,β-unsaturated/α-hetero) is 1. The second-order valence-corrected chi connectivity index (χ2v) is 3.93. The van der Waals surface area contributed by atoms with Crippen LogP contribution in [0.5, 0.6) is 0 Å². The molecule has 89 valence electrons. The molecule has 0 fully saturated rings. The minimum absolute atomic E-state index is 0. The Hall–Kier alpha value is -1.61. The van der Waals surface area contributed by atoms with Crippen molar-refractivity contribution in [2.45, 2.75) is 6.92 Å². The molecule has 0 N–H and O–H groups in total. The van der Waals surface area contributed by atoms with Crippen molar-refractivity contribution in [1.29, 1.82) is 0 Å². The first kappa shape index (κ1) is 13.5. The number of hydrogen-bond acceptors (Lipinski definition) is 3. The van der Waals surface area contributed by atoms with Gasteiger partial charge in [0.05, 0.1) is 19.4 Å². The van der Waals surface area contributed by atoms with Gasteiger partial charge in [0.2, 0.25) is 0 Å². The van der Waals surface area contributed by atoms with E-state index in [4.69, 9.17) is 0 Å². The summed E-state index contributed by atoms with van der Waals surface area (Å²) in [6.45, 7) is 5.35. The van der Waals surface area contributed by atoms with Crippen LogP contribution >= 0.6 is 0 Å². The maximum absolute atomic E-state index is 11.9. The van der Waals surface area contributed by atoms with Gasteiger partial charge in [-0.2, -0.15) is 0 Å². The first-order valence-electron chi connectivity index (χ1n) is 5.19. The Morgan fingerprint density at radius 2 is 1.88 bits per heavy atom. The van der Waals surface area contributed by atoms with Crippen LogP contribution in [0.1, 0.15) is 15.9 Å². The summed E-state index contributed by atoms with van der Waals surface area (Å²) < 4.78 is 0. The van der Waals surface area contributed by atoms with Gasteiger partial charge < -0.3 is 12.4 Å². The zero-order valence-corrected chi connectivity index (χ0v) is 10.6. The van der Waals surface area contributed by atoms with E-state index in [0.29, 0.717) is 6.54 Å². The first-order chi connectivity index (χ1) is 7.65. The molecule has 0 aromatic heterocycles. The number of benzene rings is 1. The highest BCUT2D eigenvalue weighted by atomic mass is 35.5. The van der Waals surface area contributed by atoms with Gasteiger partial charge in [0.1, 0.15) is 6.54 Å². The third-order valence-electron chi connectivity index (χ3n) is 2.44. The van der Waals surface area contributed by atoms with E-state index in [9.17, 15) is 4.79 Å². The second kappa shape index (κ2) is 5.64. The van der Waals surface area contributed by atoms with Crippen molar-refractivity contribution in [3.8, 4) is 0 Å². The smallest absolute Gasteiger partial charge is 0.564 e. The number of aryl methyl sites for hydroxylation is 1. The van der Waals surface area contributed by atoms with Gasteiger partial charge in [-0.25, -0.2) is 0 Å². The van der Waals surface area contributed by atoms with E-state index in [1.807, 2.05) is 50.6 Å². The van der Waals surface area contributed by atoms with Crippen molar-refractivity contribution in [1.82, 2.24) is 9.80 Å². The molecule has 0 saturated carbocycles. The number of carbonyl (C=O) groups is 1. The average molecular weight is 250 g/mol. The Kier molecular flexibility index (Phi) is 4.46. The van der Waals surface area contributed by atoms with E-state index in [1.54, 1.807) is 9.80 Å². The molecular formula is C13H14ClN2O. The second-order valence-electron chi connectivity index (χ2n) is 3.93. The number of nitrogens with zero attached hydrogens (tertiary/aromatic N) is 2. The molecule has 0 aliphatic carbocycles. The molecule has 0 spiro atoms. The van der Waals surface area contributed by atoms with Crippen molar-refractivity contribution in [2.75, 3.05) is 13.6 Å². The molecule has 1 radical (unpaired) electrons. The topological polar surface area (TPSA) is 23.6 Å². The van der Waals surface area contributed by atoms with Crippen LogP contribution in [0.2, 0.25) is 0 Å². The first-order valence-corrected chi connectivity index (χ1v) is 5.19. The maximum atomic E-state index is 11.9. The van der Waals surface area contributed by atoms with E-state index in [0.717, 1.165) is 11.1 Å². The Morgan fingerprint density at radius 1 is 1.24 bits per heavy atom. The zero-order chi connectivity index (χ0) is 11.5. The lowest BCUT2D eigenvalue weighted by Crippen LogP contribution is -3.00. The van der Waals surface area contributed by atoms with E-state index < -0.39 is 0 Å². The van der Waals surface area contributed by atoms with E-state index in [1.165, 1.54) is 0 Å². The molecule has 0 bridgehead atoms. The van der Waals surface area contributed by atoms with Crippen LogP contribution in [0.3, 0.4) is 0 Å². The number of halogens is 1. The Labute approximate surface area is 108 Å². The van der Waals surface area contributed by atoms with Gasteiger partial charge >= 0.3 is 6.67 Å². The molecule has 0 amide bonds.